The van der Waals surface area contributed by atoms with Gasteiger partial charge in [-0.15, -0.1) is 11.3 Å². The number of thiazole rings is 1. The molecule has 0 unspecified atom stereocenters. The van der Waals surface area contributed by atoms with Crippen LogP contribution in [0, 0.1) is 5.92 Å². The Kier molecular flexibility index (Phi) is 3.57. The van der Waals surface area contributed by atoms with Gasteiger partial charge in [0.05, 0.1) is 5.69 Å². The van der Waals surface area contributed by atoms with E-state index in [1.54, 1.807) is 0 Å². The predicted octanol–water partition coefficient (Wildman–Crippen LogP) is 2.98. The molecule has 0 amide bonds. The third kappa shape index (κ3) is 2.69. The zero-order chi connectivity index (χ0) is 12.5. The Balaban J connectivity index is 1.78. The summed E-state index contributed by atoms with van der Waals surface area (Å²) in [5.74, 6) is 1.70. The summed E-state index contributed by atoms with van der Waals surface area (Å²) in [5, 5.41) is 4.54. The number of hydrogen-bond acceptors (Lipinski definition) is 4. The van der Waals surface area contributed by atoms with Crippen LogP contribution in [0.15, 0.2) is 0 Å². The first-order valence-corrected chi connectivity index (χ1v) is 8.02. The smallest absolute Gasteiger partial charge is 0.185 e. The van der Waals surface area contributed by atoms with Crippen LogP contribution >= 0.6 is 11.3 Å². The van der Waals surface area contributed by atoms with Crippen LogP contribution in [0.5, 0.6) is 0 Å². The minimum absolute atomic E-state index is 0.762. The van der Waals surface area contributed by atoms with Crippen molar-refractivity contribution in [1.29, 1.82) is 0 Å². The molecule has 0 spiro atoms. The lowest BCUT2D eigenvalue weighted by molar-refractivity contribution is 0.737. The minimum atomic E-state index is 0.762. The SMILES string of the molecule is CCN(CC1CC1)c1nc(C2CC2)c(CNC)s1. The standard InChI is InChI=1S/C14H23N3S/c1-3-17(9-10-4-5-10)14-16-13(11-6-7-11)12(18-14)8-15-2/h10-11,15H,3-9H2,1-2H3. The maximum absolute atomic E-state index is 4.95. The molecule has 18 heavy (non-hydrogen) atoms. The fourth-order valence-corrected chi connectivity index (χ4v) is 3.63. The average Bonchev–Trinajstić information content (AvgIpc) is 3.28. The van der Waals surface area contributed by atoms with Gasteiger partial charge in [-0.3, -0.25) is 0 Å². The van der Waals surface area contributed by atoms with Gasteiger partial charge in [-0.2, -0.15) is 0 Å². The molecule has 2 aliphatic carbocycles. The molecule has 2 fully saturated rings. The van der Waals surface area contributed by atoms with Crippen LogP contribution in [0.2, 0.25) is 0 Å². The van der Waals surface area contributed by atoms with E-state index in [0.717, 1.165) is 24.9 Å². The van der Waals surface area contributed by atoms with E-state index in [-0.39, 0.29) is 0 Å². The quantitative estimate of drug-likeness (QED) is 0.821. The lowest BCUT2D eigenvalue weighted by atomic mass is 10.2. The molecule has 3 rings (SSSR count). The van der Waals surface area contributed by atoms with E-state index in [4.69, 9.17) is 4.98 Å². The summed E-state index contributed by atoms with van der Waals surface area (Å²) in [4.78, 5) is 8.89. The summed E-state index contributed by atoms with van der Waals surface area (Å²) in [5.41, 5.74) is 1.39. The van der Waals surface area contributed by atoms with Gasteiger partial charge in [0.2, 0.25) is 0 Å². The molecule has 100 valence electrons. The first-order chi connectivity index (χ1) is 8.81. The molecular formula is C14H23N3S. The molecule has 1 aromatic heterocycles. The van der Waals surface area contributed by atoms with E-state index < -0.39 is 0 Å². The Bertz CT molecular complexity index is 407. The van der Waals surface area contributed by atoms with Crippen molar-refractivity contribution in [2.24, 2.45) is 5.92 Å². The van der Waals surface area contributed by atoms with Crippen molar-refractivity contribution in [2.45, 2.75) is 45.1 Å². The maximum atomic E-state index is 4.95. The van der Waals surface area contributed by atoms with Gasteiger partial charge >= 0.3 is 0 Å². The first kappa shape index (κ1) is 12.4. The third-order valence-electron chi connectivity index (χ3n) is 3.85. The summed E-state index contributed by atoms with van der Waals surface area (Å²) in [6.45, 7) is 5.53. The fraction of sp³-hybridized carbons (Fsp3) is 0.786. The van der Waals surface area contributed by atoms with E-state index in [1.165, 1.54) is 47.9 Å². The molecule has 0 bridgehead atoms. The van der Waals surface area contributed by atoms with Gasteiger partial charge in [-0.1, -0.05) is 0 Å². The molecule has 0 saturated heterocycles. The first-order valence-electron chi connectivity index (χ1n) is 7.21. The van der Waals surface area contributed by atoms with E-state index >= 15 is 0 Å². The maximum Gasteiger partial charge on any atom is 0.185 e. The van der Waals surface area contributed by atoms with E-state index in [0.29, 0.717) is 0 Å². The van der Waals surface area contributed by atoms with Gasteiger partial charge < -0.3 is 10.2 Å². The summed E-state index contributed by atoms with van der Waals surface area (Å²) in [7, 11) is 2.03. The Morgan fingerprint density at radius 2 is 2.11 bits per heavy atom. The highest BCUT2D eigenvalue weighted by Gasteiger charge is 2.31. The molecule has 2 aliphatic rings. The van der Waals surface area contributed by atoms with Crippen molar-refractivity contribution in [3.05, 3.63) is 10.6 Å². The van der Waals surface area contributed by atoms with Crippen molar-refractivity contribution in [3.63, 3.8) is 0 Å². The van der Waals surface area contributed by atoms with Crippen molar-refractivity contribution in [1.82, 2.24) is 10.3 Å². The Hall–Kier alpha value is -0.610. The van der Waals surface area contributed by atoms with E-state index in [1.807, 2.05) is 18.4 Å². The topological polar surface area (TPSA) is 28.2 Å². The summed E-state index contributed by atoms with van der Waals surface area (Å²) in [6.07, 6.45) is 5.52. The number of anilines is 1. The van der Waals surface area contributed by atoms with Crippen LogP contribution in [0.25, 0.3) is 0 Å². The molecule has 0 aliphatic heterocycles. The van der Waals surface area contributed by atoms with Gasteiger partial charge in [0.25, 0.3) is 0 Å². The highest BCUT2D eigenvalue weighted by atomic mass is 32.1. The van der Waals surface area contributed by atoms with Crippen molar-refractivity contribution in [3.8, 4) is 0 Å². The molecule has 0 atom stereocenters. The van der Waals surface area contributed by atoms with E-state index in [2.05, 4.69) is 17.1 Å². The normalized spacial score (nSPS) is 19.2. The number of nitrogens with zero attached hydrogens (tertiary/aromatic N) is 2. The molecular weight excluding hydrogens is 242 g/mol. The summed E-state index contributed by atoms with van der Waals surface area (Å²) >= 11 is 1.91. The zero-order valence-corrected chi connectivity index (χ0v) is 12.2. The second-order valence-corrected chi connectivity index (χ2v) is 6.65. The molecule has 1 heterocycles. The number of rotatable bonds is 7. The Morgan fingerprint density at radius 3 is 2.67 bits per heavy atom. The van der Waals surface area contributed by atoms with Crippen LogP contribution in [-0.2, 0) is 6.54 Å². The molecule has 1 aromatic rings. The number of aromatic nitrogens is 1. The van der Waals surface area contributed by atoms with Crippen LogP contribution in [0.1, 0.15) is 49.1 Å². The van der Waals surface area contributed by atoms with Gasteiger partial charge in [0.15, 0.2) is 5.13 Å². The monoisotopic (exact) mass is 265 g/mol. The van der Waals surface area contributed by atoms with E-state index in [9.17, 15) is 0 Å². The largest absolute Gasteiger partial charge is 0.348 e. The van der Waals surface area contributed by atoms with Gasteiger partial charge in [-0.05, 0) is 45.6 Å². The lowest BCUT2D eigenvalue weighted by Gasteiger charge is -2.19. The third-order valence-corrected chi connectivity index (χ3v) is 4.98. The average molecular weight is 265 g/mol. The van der Waals surface area contributed by atoms with Crippen LogP contribution in [-0.4, -0.2) is 25.1 Å². The van der Waals surface area contributed by atoms with Gasteiger partial charge in [-0.25, -0.2) is 4.98 Å². The minimum Gasteiger partial charge on any atom is -0.348 e. The molecule has 2 saturated carbocycles. The number of hydrogen-bond donors (Lipinski definition) is 1. The van der Waals surface area contributed by atoms with Crippen molar-refractivity contribution >= 4 is 16.5 Å². The molecule has 4 heteroatoms. The van der Waals surface area contributed by atoms with Crippen LogP contribution in [0.4, 0.5) is 5.13 Å². The number of nitrogens with one attached hydrogen (secondary N) is 1. The Labute approximate surface area is 114 Å². The van der Waals surface area contributed by atoms with Crippen molar-refractivity contribution < 1.29 is 0 Å². The van der Waals surface area contributed by atoms with Gasteiger partial charge in [0, 0.05) is 30.4 Å². The lowest BCUT2D eigenvalue weighted by Crippen LogP contribution is -2.24. The summed E-state index contributed by atoms with van der Waals surface area (Å²) in [6, 6.07) is 0. The van der Waals surface area contributed by atoms with Crippen LogP contribution < -0.4 is 10.2 Å². The van der Waals surface area contributed by atoms with Crippen molar-refractivity contribution in [2.75, 3.05) is 25.0 Å². The fourth-order valence-electron chi connectivity index (χ4n) is 2.40. The summed E-state index contributed by atoms with van der Waals surface area (Å²) < 4.78 is 0. The molecule has 0 aromatic carbocycles. The van der Waals surface area contributed by atoms with Gasteiger partial charge in [0.1, 0.15) is 0 Å². The second-order valence-electron chi connectivity index (χ2n) is 5.59. The van der Waals surface area contributed by atoms with Crippen LogP contribution in [0.3, 0.4) is 0 Å². The second kappa shape index (κ2) is 5.17. The molecule has 3 nitrogen and oxygen atoms in total. The highest BCUT2D eigenvalue weighted by molar-refractivity contribution is 7.15. The molecule has 1 N–H and O–H groups in total. The zero-order valence-electron chi connectivity index (χ0n) is 11.4. The predicted molar refractivity (Wildman–Crippen MR) is 77.5 cm³/mol. The molecule has 0 radical (unpaired) electrons. The highest BCUT2D eigenvalue weighted by Crippen LogP contribution is 2.44. The Morgan fingerprint density at radius 1 is 1.33 bits per heavy atom.